The van der Waals surface area contributed by atoms with Gasteiger partial charge in [0.05, 0.1) is 23.7 Å². The van der Waals surface area contributed by atoms with E-state index in [0.29, 0.717) is 0 Å². The molecule has 0 bridgehead atoms. The first-order chi connectivity index (χ1) is 11.5. The van der Waals surface area contributed by atoms with E-state index in [0.717, 1.165) is 41.3 Å². The van der Waals surface area contributed by atoms with Crippen LogP contribution in [0.5, 0.6) is 0 Å². The first-order valence-electron chi connectivity index (χ1n) is 8.45. The fourth-order valence-corrected chi connectivity index (χ4v) is 3.29. The fourth-order valence-electron chi connectivity index (χ4n) is 3.29. The molecule has 0 saturated carbocycles. The molecule has 0 spiro atoms. The molecule has 3 aromatic rings. The molecule has 4 heteroatoms. The lowest BCUT2D eigenvalue weighted by molar-refractivity contribution is 0.275. The van der Waals surface area contributed by atoms with Gasteiger partial charge in [0.15, 0.2) is 5.65 Å². The van der Waals surface area contributed by atoms with Crippen LogP contribution in [0.4, 0.5) is 5.69 Å². The van der Waals surface area contributed by atoms with Gasteiger partial charge >= 0.3 is 0 Å². The number of nitrogens with zero attached hydrogens (tertiary/aromatic N) is 2. The van der Waals surface area contributed by atoms with Crippen LogP contribution in [-0.2, 0) is 19.6 Å². The largest absolute Gasteiger partial charge is 0.390 e. The zero-order valence-corrected chi connectivity index (χ0v) is 14.8. The lowest BCUT2D eigenvalue weighted by Gasteiger charge is -2.14. The predicted octanol–water partition coefficient (Wildman–Crippen LogP) is 3.93. The molecule has 0 amide bonds. The van der Waals surface area contributed by atoms with Crippen molar-refractivity contribution < 1.29 is 5.11 Å². The molecule has 2 heterocycles. The minimum absolute atomic E-state index is 0.00628. The maximum absolute atomic E-state index is 9.62. The summed E-state index contributed by atoms with van der Waals surface area (Å²) in [5.41, 5.74) is 8.76. The molecule has 2 N–H and O–H groups in total. The molecule has 0 unspecified atom stereocenters. The van der Waals surface area contributed by atoms with Crippen molar-refractivity contribution in [1.29, 1.82) is 0 Å². The molecule has 24 heavy (non-hydrogen) atoms. The number of anilines is 1. The number of hydrogen-bond acceptors (Lipinski definition) is 3. The summed E-state index contributed by atoms with van der Waals surface area (Å²) < 4.78 is 1.99. The Hall–Kier alpha value is -2.33. The number of imidazole rings is 1. The summed E-state index contributed by atoms with van der Waals surface area (Å²) in [4.78, 5) is 4.64. The monoisotopic (exact) mass is 323 g/mol. The summed E-state index contributed by atoms with van der Waals surface area (Å²) in [5, 5.41) is 13.2. The van der Waals surface area contributed by atoms with Crippen molar-refractivity contribution in [2.45, 2.75) is 47.3 Å². The highest BCUT2D eigenvalue weighted by Crippen LogP contribution is 2.24. The van der Waals surface area contributed by atoms with Gasteiger partial charge in [0.2, 0.25) is 0 Å². The zero-order valence-electron chi connectivity index (χ0n) is 14.8. The van der Waals surface area contributed by atoms with Crippen LogP contribution < -0.4 is 5.32 Å². The molecule has 0 aliphatic rings. The summed E-state index contributed by atoms with van der Waals surface area (Å²) in [6.07, 6.45) is 3.05. The number of aryl methyl sites for hydroxylation is 4. The van der Waals surface area contributed by atoms with Gasteiger partial charge in [0.1, 0.15) is 0 Å². The summed E-state index contributed by atoms with van der Waals surface area (Å²) >= 11 is 0. The van der Waals surface area contributed by atoms with Gasteiger partial charge in [-0.3, -0.25) is 4.40 Å². The number of pyridine rings is 1. The van der Waals surface area contributed by atoms with Crippen molar-refractivity contribution in [1.82, 2.24) is 9.38 Å². The van der Waals surface area contributed by atoms with E-state index in [1.165, 1.54) is 16.7 Å². The van der Waals surface area contributed by atoms with Crippen molar-refractivity contribution in [3.8, 4) is 0 Å². The van der Waals surface area contributed by atoms with Crippen LogP contribution in [0, 0.1) is 20.8 Å². The molecule has 0 atom stereocenters. The Balaban J connectivity index is 2.00. The number of nitrogens with one attached hydrogen (secondary N) is 1. The molecule has 126 valence electrons. The quantitative estimate of drug-likeness (QED) is 0.748. The maximum Gasteiger partial charge on any atom is 0.160 e. The topological polar surface area (TPSA) is 49.6 Å². The molecule has 0 saturated heterocycles. The minimum atomic E-state index is -0.00628. The SMILES string of the molecule is CCc1cccc(C)c1CNc1cc(C)cn2c(CO)c(C)nc12. The number of rotatable bonds is 5. The van der Waals surface area contributed by atoms with Gasteiger partial charge in [-0.1, -0.05) is 25.1 Å². The Kier molecular flexibility index (Phi) is 4.58. The Bertz CT molecular complexity index is 880. The van der Waals surface area contributed by atoms with Crippen LogP contribution in [0.25, 0.3) is 5.65 Å². The molecular formula is C20H25N3O. The van der Waals surface area contributed by atoms with Crippen LogP contribution in [0.1, 0.15) is 40.6 Å². The van der Waals surface area contributed by atoms with Crippen molar-refractivity contribution in [2.24, 2.45) is 0 Å². The molecule has 0 fully saturated rings. The number of aliphatic hydroxyl groups is 1. The average molecular weight is 323 g/mol. The van der Waals surface area contributed by atoms with Gasteiger partial charge in [0.25, 0.3) is 0 Å². The fraction of sp³-hybridized carbons (Fsp3) is 0.350. The van der Waals surface area contributed by atoms with Crippen LogP contribution >= 0.6 is 0 Å². The third kappa shape index (κ3) is 2.89. The van der Waals surface area contributed by atoms with E-state index < -0.39 is 0 Å². The second-order valence-electron chi connectivity index (χ2n) is 6.35. The summed E-state index contributed by atoms with van der Waals surface area (Å²) in [5.74, 6) is 0. The van der Waals surface area contributed by atoms with Crippen LogP contribution in [0.15, 0.2) is 30.5 Å². The second kappa shape index (κ2) is 6.65. The Morgan fingerprint density at radius 3 is 2.71 bits per heavy atom. The Morgan fingerprint density at radius 1 is 1.21 bits per heavy atom. The molecule has 3 rings (SSSR count). The lowest BCUT2D eigenvalue weighted by Crippen LogP contribution is -2.07. The van der Waals surface area contributed by atoms with Gasteiger partial charge < -0.3 is 10.4 Å². The van der Waals surface area contributed by atoms with Gasteiger partial charge in [0, 0.05) is 12.7 Å². The van der Waals surface area contributed by atoms with Crippen LogP contribution in [0.3, 0.4) is 0 Å². The average Bonchev–Trinajstić information content (AvgIpc) is 2.88. The molecule has 2 aromatic heterocycles. The van der Waals surface area contributed by atoms with E-state index >= 15 is 0 Å². The number of hydrogen-bond donors (Lipinski definition) is 2. The Labute approximate surface area is 143 Å². The molecular weight excluding hydrogens is 298 g/mol. The van der Waals surface area contributed by atoms with Crippen molar-refractivity contribution in [3.05, 3.63) is 64.1 Å². The van der Waals surface area contributed by atoms with Crippen molar-refractivity contribution in [3.63, 3.8) is 0 Å². The first-order valence-corrected chi connectivity index (χ1v) is 8.45. The number of aliphatic hydroxyl groups excluding tert-OH is 1. The smallest absolute Gasteiger partial charge is 0.160 e. The highest BCUT2D eigenvalue weighted by atomic mass is 16.3. The lowest BCUT2D eigenvalue weighted by atomic mass is 10.00. The second-order valence-corrected chi connectivity index (χ2v) is 6.35. The van der Waals surface area contributed by atoms with Crippen molar-refractivity contribution in [2.75, 3.05) is 5.32 Å². The van der Waals surface area contributed by atoms with Gasteiger partial charge in [-0.2, -0.15) is 0 Å². The summed E-state index contributed by atoms with van der Waals surface area (Å²) in [6.45, 7) is 9.11. The van der Waals surface area contributed by atoms with Crippen molar-refractivity contribution >= 4 is 11.3 Å². The van der Waals surface area contributed by atoms with E-state index in [2.05, 4.69) is 55.3 Å². The minimum Gasteiger partial charge on any atom is -0.390 e. The van der Waals surface area contributed by atoms with E-state index in [1.807, 2.05) is 17.5 Å². The molecule has 4 nitrogen and oxygen atoms in total. The molecule has 0 aliphatic heterocycles. The van der Waals surface area contributed by atoms with E-state index in [1.54, 1.807) is 0 Å². The number of fused-ring (bicyclic) bond motifs is 1. The van der Waals surface area contributed by atoms with Crippen LogP contribution in [-0.4, -0.2) is 14.5 Å². The normalized spacial score (nSPS) is 11.2. The van der Waals surface area contributed by atoms with Gasteiger partial charge in [-0.15, -0.1) is 0 Å². The first kappa shape index (κ1) is 16.5. The molecule has 0 aliphatic carbocycles. The standard InChI is InChI=1S/C20H25N3O/c1-5-16-8-6-7-14(3)17(16)10-21-18-9-13(2)11-23-19(12-24)15(4)22-20(18)23/h6-9,11,21,24H,5,10,12H2,1-4H3. The number of aromatic nitrogens is 2. The molecule has 0 radical (unpaired) electrons. The maximum atomic E-state index is 9.62. The van der Waals surface area contributed by atoms with Gasteiger partial charge in [-0.05, 0) is 55.5 Å². The summed E-state index contributed by atoms with van der Waals surface area (Å²) in [6, 6.07) is 8.59. The number of benzene rings is 1. The Morgan fingerprint density at radius 2 is 2.00 bits per heavy atom. The zero-order chi connectivity index (χ0) is 17.3. The highest BCUT2D eigenvalue weighted by Gasteiger charge is 2.13. The predicted molar refractivity (Wildman–Crippen MR) is 98.5 cm³/mol. The third-order valence-corrected chi connectivity index (χ3v) is 4.65. The van der Waals surface area contributed by atoms with Crippen LogP contribution in [0.2, 0.25) is 0 Å². The summed E-state index contributed by atoms with van der Waals surface area (Å²) in [7, 11) is 0. The van der Waals surface area contributed by atoms with Gasteiger partial charge in [-0.25, -0.2) is 4.98 Å². The molecule has 1 aromatic carbocycles. The highest BCUT2D eigenvalue weighted by molar-refractivity contribution is 5.70. The van der Waals surface area contributed by atoms with E-state index in [4.69, 9.17) is 0 Å². The third-order valence-electron chi connectivity index (χ3n) is 4.65. The van der Waals surface area contributed by atoms with E-state index in [-0.39, 0.29) is 6.61 Å². The van der Waals surface area contributed by atoms with E-state index in [9.17, 15) is 5.11 Å².